The fraction of sp³-hybridized carbons (Fsp3) is 0.600. The van der Waals surface area contributed by atoms with Gasteiger partial charge in [0.1, 0.15) is 0 Å². The molecule has 0 radical (unpaired) electrons. The molecule has 19 heavy (non-hydrogen) atoms. The van der Waals surface area contributed by atoms with Crippen molar-refractivity contribution in [3.63, 3.8) is 0 Å². The van der Waals surface area contributed by atoms with E-state index in [0.29, 0.717) is 19.1 Å². The quantitative estimate of drug-likeness (QED) is 0.888. The standard InChI is InChI=1S/C15H21F2NO/c16-14-7-6-12(10-15(14)17)11-18(8-9-19)13-4-2-1-3-5-13/h6-7,10,13,19H,1-5,8-9,11H2. The van der Waals surface area contributed by atoms with Crippen molar-refractivity contribution in [2.75, 3.05) is 13.2 Å². The summed E-state index contributed by atoms with van der Waals surface area (Å²) in [6, 6.07) is 4.49. The summed E-state index contributed by atoms with van der Waals surface area (Å²) in [5, 5.41) is 9.17. The summed E-state index contributed by atoms with van der Waals surface area (Å²) in [6.07, 6.45) is 5.96. The Bertz CT molecular complexity index is 405. The Balaban J connectivity index is 2.04. The third-order valence-electron chi connectivity index (χ3n) is 3.85. The van der Waals surface area contributed by atoms with Gasteiger partial charge >= 0.3 is 0 Å². The van der Waals surface area contributed by atoms with E-state index in [2.05, 4.69) is 4.90 Å². The van der Waals surface area contributed by atoms with Crippen LogP contribution >= 0.6 is 0 Å². The molecule has 1 N–H and O–H groups in total. The summed E-state index contributed by atoms with van der Waals surface area (Å²) >= 11 is 0. The van der Waals surface area contributed by atoms with E-state index in [4.69, 9.17) is 5.11 Å². The molecular formula is C15H21F2NO. The minimum Gasteiger partial charge on any atom is -0.395 e. The minimum atomic E-state index is -0.810. The second-order valence-corrected chi connectivity index (χ2v) is 5.23. The largest absolute Gasteiger partial charge is 0.395 e. The van der Waals surface area contributed by atoms with Crippen LogP contribution in [0, 0.1) is 11.6 Å². The molecule has 1 aliphatic carbocycles. The Morgan fingerprint density at radius 3 is 2.47 bits per heavy atom. The first-order valence-electron chi connectivity index (χ1n) is 6.99. The Labute approximate surface area is 113 Å². The number of nitrogens with zero attached hydrogens (tertiary/aromatic N) is 1. The fourth-order valence-electron chi connectivity index (χ4n) is 2.84. The maximum Gasteiger partial charge on any atom is 0.159 e. The third kappa shape index (κ3) is 3.98. The minimum absolute atomic E-state index is 0.0974. The second kappa shape index (κ2) is 6.96. The van der Waals surface area contributed by atoms with Gasteiger partial charge in [0.25, 0.3) is 0 Å². The van der Waals surface area contributed by atoms with Crippen LogP contribution in [0.15, 0.2) is 18.2 Å². The predicted octanol–water partition coefficient (Wildman–Crippen LogP) is 3.09. The molecule has 0 spiro atoms. The van der Waals surface area contributed by atoms with Crippen LogP contribution in [0.25, 0.3) is 0 Å². The highest BCUT2D eigenvalue weighted by Gasteiger charge is 2.21. The topological polar surface area (TPSA) is 23.5 Å². The molecule has 106 valence electrons. The maximum absolute atomic E-state index is 13.2. The zero-order chi connectivity index (χ0) is 13.7. The van der Waals surface area contributed by atoms with Crippen molar-refractivity contribution in [2.24, 2.45) is 0 Å². The van der Waals surface area contributed by atoms with Gasteiger partial charge in [-0.05, 0) is 30.5 Å². The van der Waals surface area contributed by atoms with Crippen LogP contribution in [0.5, 0.6) is 0 Å². The highest BCUT2D eigenvalue weighted by atomic mass is 19.2. The number of aliphatic hydroxyl groups excluding tert-OH is 1. The van der Waals surface area contributed by atoms with Crippen LogP contribution in [-0.4, -0.2) is 29.2 Å². The monoisotopic (exact) mass is 269 g/mol. The first-order chi connectivity index (χ1) is 9.20. The lowest BCUT2D eigenvalue weighted by atomic mass is 9.94. The van der Waals surface area contributed by atoms with E-state index in [-0.39, 0.29) is 6.61 Å². The SMILES string of the molecule is OCCN(Cc1ccc(F)c(F)c1)C1CCCCC1. The number of hydrogen-bond acceptors (Lipinski definition) is 2. The van der Waals surface area contributed by atoms with Gasteiger partial charge in [0.2, 0.25) is 0 Å². The van der Waals surface area contributed by atoms with E-state index in [1.54, 1.807) is 6.07 Å². The summed E-state index contributed by atoms with van der Waals surface area (Å²) in [7, 11) is 0. The van der Waals surface area contributed by atoms with Gasteiger partial charge in [-0.15, -0.1) is 0 Å². The summed E-state index contributed by atoms with van der Waals surface area (Å²) in [6.45, 7) is 1.26. The molecule has 0 unspecified atom stereocenters. The average Bonchev–Trinajstić information content (AvgIpc) is 2.43. The molecule has 2 nitrogen and oxygen atoms in total. The average molecular weight is 269 g/mol. The molecule has 4 heteroatoms. The molecule has 0 heterocycles. The van der Waals surface area contributed by atoms with Crippen molar-refractivity contribution >= 4 is 0 Å². The molecule has 1 aliphatic rings. The van der Waals surface area contributed by atoms with E-state index in [1.807, 2.05) is 0 Å². The van der Waals surface area contributed by atoms with Crippen molar-refractivity contribution in [3.05, 3.63) is 35.4 Å². The van der Waals surface area contributed by atoms with Crippen molar-refractivity contribution in [1.29, 1.82) is 0 Å². The van der Waals surface area contributed by atoms with Gasteiger partial charge in [-0.2, -0.15) is 0 Å². The van der Waals surface area contributed by atoms with Gasteiger partial charge in [0, 0.05) is 19.1 Å². The lowest BCUT2D eigenvalue weighted by molar-refractivity contribution is 0.117. The maximum atomic E-state index is 13.2. The van der Waals surface area contributed by atoms with Crippen molar-refractivity contribution in [1.82, 2.24) is 4.90 Å². The predicted molar refractivity (Wildman–Crippen MR) is 70.7 cm³/mol. The molecule has 2 rings (SSSR count). The summed E-state index contributed by atoms with van der Waals surface area (Å²) in [5.41, 5.74) is 0.762. The lowest BCUT2D eigenvalue weighted by Crippen LogP contribution is -2.38. The number of aliphatic hydroxyl groups is 1. The Kier molecular flexibility index (Phi) is 5.28. The Hall–Kier alpha value is -1.00. The molecule has 1 fully saturated rings. The molecule has 0 aliphatic heterocycles. The van der Waals surface area contributed by atoms with Crippen LogP contribution in [-0.2, 0) is 6.54 Å². The van der Waals surface area contributed by atoms with E-state index >= 15 is 0 Å². The molecule has 0 amide bonds. The molecule has 0 saturated heterocycles. The van der Waals surface area contributed by atoms with Crippen LogP contribution in [0.1, 0.15) is 37.7 Å². The van der Waals surface area contributed by atoms with Crippen LogP contribution in [0.4, 0.5) is 8.78 Å². The van der Waals surface area contributed by atoms with Gasteiger partial charge in [0.15, 0.2) is 11.6 Å². The molecule has 0 bridgehead atoms. The van der Waals surface area contributed by atoms with Crippen molar-refractivity contribution < 1.29 is 13.9 Å². The lowest BCUT2D eigenvalue weighted by Gasteiger charge is -2.34. The highest BCUT2D eigenvalue weighted by Crippen LogP contribution is 2.24. The second-order valence-electron chi connectivity index (χ2n) is 5.23. The van der Waals surface area contributed by atoms with Crippen LogP contribution in [0.3, 0.4) is 0 Å². The van der Waals surface area contributed by atoms with Gasteiger partial charge < -0.3 is 5.11 Å². The zero-order valence-corrected chi connectivity index (χ0v) is 11.1. The number of halogens is 2. The van der Waals surface area contributed by atoms with Crippen LogP contribution < -0.4 is 0 Å². The molecule has 1 aromatic rings. The van der Waals surface area contributed by atoms with Gasteiger partial charge in [-0.25, -0.2) is 8.78 Å². The summed E-state index contributed by atoms with van der Waals surface area (Å²) < 4.78 is 26.1. The van der Waals surface area contributed by atoms with E-state index < -0.39 is 11.6 Å². The number of rotatable bonds is 5. The first-order valence-corrected chi connectivity index (χ1v) is 6.99. The van der Waals surface area contributed by atoms with Crippen molar-refractivity contribution in [2.45, 2.75) is 44.7 Å². The van der Waals surface area contributed by atoms with Gasteiger partial charge in [-0.3, -0.25) is 4.90 Å². The summed E-state index contributed by atoms with van der Waals surface area (Å²) in [4.78, 5) is 2.19. The van der Waals surface area contributed by atoms with Gasteiger partial charge in [-0.1, -0.05) is 25.3 Å². The van der Waals surface area contributed by atoms with E-state index in [9.17, 15) is 8.78 Å². The summed E-state index contributed by atoms with van der Waals surface area (Å²) in [5.74, 6) is -1.61. The van der Waals surface area contributed by atoms with Crippen molar-refractivity contribution in [3.8, 4) is 0 Å². The molecule has 0 aromatic heterocycles. The Morgan fingerprint density at radius 1 is 1.11 bits per heavy atom. The number of benzene rings is 1. The normalized spacial score (nSPS) is 17.1. The van der Waals surface area contributed by atoms with Gasteiger partial charge in [0.05, 0.1) is 6.61 Å². The van der Waals surface area contributed by atoms with E-state index in [1.165, 1.54) is 31.4 Å². The molecule has 0 atom stereocenters. The zero-order valence-electron chi connectivity index (χ0n) is 11.1. The number of hydrogen-bond donors (Lipinski definition) is 1. The Morgan fingerprint density at radius 2 is 1.84 bits per heavy atom. The third-order valence-corrected chi connectivity index (χ3v) is 3.85. The molecular weight excluding hydrogens is 248 g/mol. The smallest absolute Gasteiger partial charge is 0.159 e. The van der Waals surface area contributed by atoms with E-state index in [0.717, 1.165) is 18.4 Å². The van der Waals surface area contributed by atoms with Crippen LogP contribution in [0.2, 0.25) is 0 Å². The highest BCUT2D eigenvalue weighted by molar-refractivity contribution is 5.17. The molecule has 1 aromatic carbocycles. The fourth-order valence-corrected chi connectivity index (χ4v) is 2.84. The molecule has 1 saturated carbocycles. The first kappa shape index (κ1) is 14.4.